The van der Waals surface area contributed by atoms with Crippen molar-refractivity contribution in [1.82, 2.24) is 0 Å². The van der Waals surface area contributed by atoms with Gasteiger partial charge in [-0.25, -0.2) is 0 Å². The first-order chi connectivity index (χ1) is 13.5. The Bertz CT molecular complexity index is 916. The summed E-state index contributed by atoms with van der Waals surface area (Å²) in [6, 6.07) is 21.0. The van der Waals surface area contributed by atoms with Crippen molar-refractivity contribution in [3.8, 4) is 11.5 Å². The molecule has 3 aromatic rings. The van der Waals surface area contributed by atoms with E-state index in [1.54, 1.807) is 0 Å². The van der Waals surface area contributed by atoms with Crippen LogP contribution in [-0.4, -0.2) is 6.61 Å². The van der Waals surface area contributed by atoms with Gasteiger partial charge in [-0.15, -0.1) is 0 Å². The van der Waals surface area contributed by atoms with Crippen molar-refractivity contribution in [1.29, 1.82) is 0 Å². The van der Waals surface area contributed by atoms with Gasteiger partial charge in [-0.2, -0.15) is 0 Å². The molecule has 0 spiro atoms. The number of aryl methyl sites for hydroxylation is 3. The zero-order chi connectivity index (χ0) is 19.9. The molecule has 0 atom stereocenters. The molecule has 0 fully saturated rings. The number of rotatable bonds is 8. The van der Waals surface area contributed by atoms with Crippen LogP contribution in [0.15, 0.2) is 60.7 Å². The van der Waals surface area contributed by atoms with Crippen molar-refractivity contribution < 1.29 is 9.47 Å². The Kier molecular flexibility index (Phi) is 6.59. The maximum atomic E-state index is 6.02. The quantitative estimate of drug-likeness (QED) is 0.508. The lowest BCUT2D eigenvalue weighted by Gasteiger charge is -2.15. The first-order valence-corrected chi connectivity index (χ1v) is 9.80. The fourth-order valence-electron chi connectivity index (χ4n) is 3.02. The monoisotopic (exact) mass is 375 g/mol. The molecule has 0 aromatic heterocycles. The average Bonchev–Trinajstić information content (AvgIpc) is 2.69. The topological polar surface area (TPSA) is 30.5 Å². The molecule has 3 heteroatoms. The number of hydrogen-bond acceptors (Lipinski definition) is 3. The Balaban J connectivity index is 1.69. The van der Waals surface area contributed by atoms with Crippen molar-refractivity contribution >= 4 is 5.69 Å². The van der Waals surface area contributed by atoms with Crippen LogP contribution in [0.2, 0.25) is 0 Å². The first-order valence-electron chi connectivity index (χ1n) is 9.80. The molecule has 3 nitrogen and oxygen atoms in total. The second-order valence-corrected chi connectivity index (χ2v) is 7.16. The van der Waals surface area contributed by atoms with E-state index < -0.39 is 0 Å². The van der Waals surface area contributed by atoms with Gasteiger partial charge in [0.15, 0.2) is 11.5 Å². The van der Waals surface area contributed by atoms with Crippen LogP contribution in [-0.2, 0) is 13.2 Å². The third kappa shape index (κ3) is 5.29. The van der Waals surface area contributed by atoms with Crippen molar-refractivity contribution in [2.24, 2.45) is 0 Å². The van der Waals surface area contributed by atoms with Crippen LogP contribution < -0.4 is 14.8 Å². The summed E-state index contributed by atoms with van der Waals surface area (Å²) in [6.07, 6.45) is 0. The Morgan fingerprint density at radius 3 is 2.18 bits per heavy atom. The van der Waals surface area contributed by atoms with Crippen LogP contribution in [0.3, 0.4) is 0 Å². The minimum Gasteiger partial charge on any atom is -0.490 e. The summed E-state index contributed by atoms with van der Waals surface area (Å²) in [5.74, 6) is 1.56. The van der Waals surface area contributed by atoms with Gasteiger partial charge in [0.1, 0.15) is 6.61 Å². The number of anilines is 1. The molecule has 1 N–H and O–H groups in total. The first kappa shape index (κ1) is 19.8. The minimum atomic E-state index is 0.528. The van der Waals surface area contributed by atoms with Gasteiger partial charge < -0.3 is 14.8 Å². The van der Waals surface area contributed by atoms with Gasteiger partial charge in [-0.3, -0.25) is 0 Å². The van der Waals surface area contributed by atoms with Crippen LogP contribution >= 0.6 is 0 Å². The standard InChI is InChI=1S/C25H29NO2/c1-5-27-25-15-22(16-26-23-14-19(3)6-9-20(23)4)12-13-24(25)28-17-21-10-7-18(2)8-11-21/h6-15,26H,5,16-17H2,1-4H3. The van der Waals surface area contributed by atoms with Gasteiger partial charge >= 0.3 is 0 Å². The van der Waals surface area contributed by atoms with Crippen molar-refractivity contribution in [2.45, 2.75) is 40.8 Å². The molecule has 3 rings (SSSR count). The smallest absolute Gasteiger partial charge is 0.161 e. The average molecular weight is 376 g/mol. The van der Waals surface area contributed by atoms with E-state index in [0.29, 0.717) is 13.2 Å². The van der Waals surface area contributed by atoms with Crippen LogP contribution in [0.5, 0.6) is 11.5 Å². The summed E-state index contributed by atoms with van der Waals surface area (Å²) in [4.78, 5) is 0. The molecule has 0 saturated carbocycles. The minimum absolute atomic E-state index is 0.528. The highest BCUT2D eigenvalue weighted by atomic mass is 16.5. The highest BCUT2D eigenvalue weighted by Crippen LogP contribution is 2.30. The Morgan fingerprint density at radius 2 is 1.43 bits per heavy atom. The fourth-order valence-corrected chi connectivity index (χ4v) is 3.02. The lowest BCUT2D eigenvalue weighted by atomic mass is 10.1. The normalized spacial score (nSPS) is 10.6. The summed E-state index contributed by atoms with van der Waals surface area (Å²) >= 11 is 0. The third-order valence-corrected chi connectivity index (χ3v) is 4.70. The summed E-state index contributed by atoms with van der Waals surface area (Å²) in [7, 11) is 0. The number of ether oxygens (including phenoxy) is 2. The lowest BCUT2D eigenvalue weighted by molar-refractivity contribution is 0.269. The fraction of sp³-hybridized carbons (Fsp3) is 0.280. The van der Waals surface area contributed by atoms with Gasteiger partial charge in [0.25, 0.3) is 0 Å². The third-order valence-electron chi connectivity index (χ3n) is 4.70. The predicted octanol–water partition coefficient (Wildman–Crippen LogP) is 6.20. The summed E-state index contributed by atoms with van der Waals surface area (Å²) in [5, 5.41) is 3.53. The number of nitrogens with one attached hydrogen (secondary N) is 1. The molecule has 0 aliphatic heterocycles. The molecule has 3 aromatic carbocycles. The summed E-state index contributed by atoms with van der Waals surface area (Å²) in [6.45, 7) is 10.2. The van der Waals surface area contributed by atoms with Crippen LogP contribution in [0.4, 0.5) is 5.69 Å². The van der Waals surface area contributed by atoms with Gasteiger partial charge in [0.2, 0.25) is 0 Å². The molecule has 0 amide bonds. The highest BCUT2D eigenvalue weighted by Gasteiger charge is 2.08. The molecule has 0 heterocycles. The Labute approximate surface area is 168 Å². The number of benzene rings is 3. The van der Waals surface area contributed by atoms with Gasteiger partial charge in [0, 0.05) is 12.2 Å². The molecule has 0 saturated heterocycles. The van der Waals surface area contributed by atoms with Crippen LogP contribution in [0, 0.1) is 20.8 Å². The van der Waals surface area contributed by atoms with Crippen molar-refractivity contribution in [2.75, 3.05) is 11.9 Å². The molecule has 0 unspecified atom stereocenters. The number of hydrogen-bond donors (Lipinski definition) is 1. The van der Waals surface area contributed by atoms with E-state index in [0.717, 1.165) is 34.9 Å². The van der Waals surface area contributed by atoms with E-state index in [2.05, 4.69) is 80.7 Å². The maximum absolute atomic E-state index is 6.02. The summed E-state index contributed by atoms with van der Waals surface area (Å²) < 4.78 is 11.9. The molecule has 28 heavy (non-hydrogen) atoms. The van der Waals surface area contributed by atoms with E-state index in [4.69, 9.17) is 9.47 Å². The van der Waals surface area contributed by atoms with E-state index >= 15 is 0 Å². The van der Waals surface area contributed by atoms with Crippen LogP contribution in [0.25, 0.3) is 0 Å². The highest BCUT2D eigenvalue weighted by molar-refractivity contribution is 5.53. The second-order valence-electron chi connectivity index (χ2n) is 7.16. The van der Waals surface area contributed by atoms with Gasteiger partial charge in [0.05, 0.1) is 6.61 Å². The largest absolute Gasteiger partial charge is 0.490 e. The van der Waals surface area contributed by atoms with Crippen molar-refractivity contribution in [3.63, 3.8) is 0 Å². The van der Waals surface area contributed by atoms with Crippen LogP contribution in [0.1, 0.15) is 34.7 Å². The molecule has 0 aliphatic carbocycles. The summed E-state index contributed by atoms with van der Waals surface area (Å²) in [5.41, 5.74) is 7.22. The predicted molar refractivity (Wildman–Crippen MR) is 116 cm³/mol. The molecule has 0 aliphatic rings. The molecular weight excluding hydrogens is 346 g/mol. The Morgan fingerprint density at radius 1 is 0.714 bits per heavy atom. The van der Waals surface area contributed by atoms with E-state index in [-0.39, 0.29) is 0 Å². The maximum Gasteiger partial charge on any atom is 0.161 e. The molecule has 0 radical (unpaired) electrons. The second kappa shape index (κ2) is 9.32. The molecule has 146 valence electrons. The molecule has 0 bridgehead atoms. The van der Waals surface area contributed by atoms with E-state index in [1.165, 1.54) is 16.7 Å². The van der Waals surface area contributed by atoms with E-state index in [1.807, 2.05) is 13.0 Å². The van der Waals surface area contributed by atoms with E-state index in [9.17, 15) is 0 Å². The lowest BCUT2D eigenvalue weighted by Crippen LogP contribution is -2.04. The molecular formula is C25H29NO2. The Hall–Kier alpha value is -2.94. The zero-order valence-corrected chi connectivity index (χ0v) is 17.2. The SMILES string of the molecule is CCOc1cc(CNc2cc(C)ccc2C)ccc1OCc1ccc(C)cc1. The zero-order valence-electron chi connectivity index (χ0n) is 17.2. The van der Waals surface area contributed by atoms with Gasteiger partial charge in [-0.1, -0.05) is 48.0 Å². The van der Waals surface area contributed by atoms with Crippen molar-refractivity contribution in [3.05, 3.63) is 88.5 Å². The van der Waals surface area contributed by atoms with Gasteiger partial charge in [-0.05, 0) is 68.1 Å².